The second kappa shape index (κ2) is 7.72. The summed E-state index contributed by atoms with van der Waals surface area (Å²) in [6, 6.07) is 8.59. The highest BCUT2D eigenvalue weighted by molar-refractivity contribution is 7.14. The lowest BCUT2D eigenvalue weighted by molar-refractivity contribution is 0.100. The molecule has 2 aromatic heterocycles. The van der Waals surface area contributed by atoms with Crippen molar-refractivity contribution in [1.29, 1.82) is 0 Å². The smallest absolute Gasteiger partial charge is 0.248 e. The molecule has 0 aliphatic rings. The topological polar surface area (TPSA) is 90.1 Å². The van der Waals surface area contributed by atoms with E-state index in [0.29, 0.717) is 27.3 Å². The van der Waals surface area contributed by atoms with Crippen molar-refractivity contribution in [3.63, 3.8) is 0 Å². The van der Waals surface area contributed by atoms with Crippen LogP contribution in [-0.2, 0) is 0 Å². The van der Waals surface area contributed by atoms with Gasteiger partial charge in [-0.25, -0.2) is 9.97 Å². The minimum absolute atomic E-state index is 0.0121. The van der Waals surface area contributed by atoms with Gasteiger partial charge in [-0.1, -0.05) is 11.6 Å². The van der Waals surface area contributed by atoms with E-state index < -0.39 is 5.91 Å². The summed E-state index contributed by atoms with van der Waals surface area (Å²) in [5, 5.41) is 6.20. The molecule has 3 N–H and O–H groups in total. The van der Waals surface area contributed by atoms with Crippen LogP contribution >= 0.6 is 22.9 Å². The second-order valence-electron chi connectivity index (χ2n) is 5.77. The Hall–Kier alpha value is -2.64. The number of pyridine rings is 1. The number of anilines is 2. The SMILES string of the molecule is CC(C)Oc1ccc(C(N)=O)cc1Nc1nc(-c2ccc(Cl)nc2)cs1. The maximum Gasteiger partial charge on any atom is 0.248 e. The Morgan fingerprint density at radius 1 is 1.31 bits per heavy atom. The molecule has 8 heteroatoms. The van der Waals surface area contributed by atoms with Gasteiger partial charge in [0.05, 0.1) is 17.5 Å². The predicted molar refractivity (Wildman–Crippen MR) is 104 cm³/mol. The van der Waals surface area contributed by atoms with Crippen LogP contribution in [0, 0.1) is 0 Å². The highest BCUT2D eigenvalue weighted by atomic mass is 35.5. The van der Waals surface area contributed by atoms with Gasteiger partial charge < -0.3 is 15.8 Å². The summed E-state index contributed by atoms with van der Waals surface area (Å²) in [7, 11) is 0. The molecule has 0 fully saturated rings. The molecule has 3 aromatic rings. The van der Waals surface area contributed by atoms with E-state index in [9.17, 15) is 4.79 Å². The lowest BCUT2D eigenvalue weighted by Gasteiger charge is -2.15. The van der Waals surface area contributed by atoms with E-state index in [1.807, 2.05) is 25.3 Å². The quantitative estimate of drug-likeness (QED) is 0.607. The van der Waals surface area contributed by atoms with Gasteiger partial charge in [-0.2, -0.15) is 0 Å². The molecule has 0 unspecified atom stereocenters. The Morgan fingerprint density at radius 3 is 2.77 bits per heavy atom. The third-order valence-electron chi connectivity index (χ3n) is 3.40. The number of nitrogens with zero attached hydrogens (tertiary/aromatic N) is 2. The van der Waals surface area contributed by atoms with Crippen LogP contribution < -0.4 is 15.8 Å². The number of ether oxygens (including phenoxy) is 1. The Bertz CT molecular complexity index is 925. The summed E-state index contributed by atoms with van der Waals surface area (Å²) >= 11 is 7.25. The average molecular weight is 389 g/mol. The fraction of sp³-hybridized carbons (Fsp3) is 0.167. The minimum Gasteiger partial charge on any atom is -0.489 e. The molecule has 0 spiro atoms. The summed E-state index contributed by atoms with van der Waals surface area (Å²) in [4.78, 5) is 20.1. The first-order valence-electron chi connectivity index (χ1n) is 7.87. The normalized spacial score (nSPS) is 10.8. The first-order chi connectivity index (χ1) is 12.4. The molecule has 0 saturated carbocycles. The van der Waals surface area contributed by atoms with E-state index in [0.717, 1.165) is 11.3 Å². The van der Waals surface area contributed by atoms with Crippen LogP contribution in [0.5, 0.6) is 5.75 Å². The molecule has 0 aliphatic heterocycles. The van der Waals surface area contributed by atoms with Gasteiger partial charge in [0.2, 0.25) is 5.91 Å². The summed E-state index contributed by atoms with van der Waals surface area (Å²) in [6.45, 7) is 3.86. The number of carbonyl (C=O) groups excluding carboxylic acids is 1. The average Bonchev–Trinajstić information content (AvgIpc) is 3.05. The highest BCUT2D eigenvalue weighted by Gasteiger charge is 2.12. The zero-order valence-electron chi connectivity index (χ0n) is 14.2. The maximum atomic E-state index is 11.5. The van der Waals surface area contributed by atoms with Gasteiger partial charge in [0.15, 0.2) is 5.13 Å². The van der Waals surface area contributed by atoms with Crippen molar-refractivity contribution in [1.82, 2.24) is 9.97 Å². The minimum atomic E-state index is -0.504. The molecule has 1 aromatic carbocycles. The van der Waals surface area contributed by atoms with E-state index in [-0.39, 0.29) is 6.10 Å². The number of rotatable bonds is 6. The molecule has 26 heavy (non-hydrogen) atoms. The molecule has 1 amide bonds. The van der Waals surface area contributed by atoms with Crippen LogP contribution in [0.25, 0.3) is 11.3 Å². The van der Waals surface area contributed by atoms with Gasteiger partial charge in [0.1, 0.15) is 10.9 Å². The van der Waals surface area contributed by atoms with Crippen molar-refractivity contribution in [3.8, 4) is 17.0 Å². The molecule has 2 heterocycles. The number of nitrogens with one attached hydrogen (secondary N) is 1. The molecular weight excluding hydrogens is 372 g/mol. The van der Waals surface area contributed by atoms with Gasteiger partial charge >= 0.3 is 0 Å². The number of aromatic nitrogens is 2. The third-order valence-corrected chi connectivity index (χ3v) is 4.38. The largest absolute Gasteiger partial charge is 0.489 e. The summed E-state index contributed by atoms with van der Waals surface area (Å²) < 4.78 is 5.79. The number of thiazole rings is 1. The Balaban J connectivity index is 1.89. The van der Waals surface area contributed by atoms with Crippen LogP contribution in [-0.4, -0.2) is 22.0 Å². The Labute approximate surface area is 160 Å². The Morgan fingerprint density at radius 2 is 2.12 bits per heavy atom. The first-order valence-corrected chi connectivity index (χ1v) is 9.13. The van der Waals surface area contributed by atoms with Crippen molar-refractivity contribution in [2.45, 2.75) is 20.0 Å². The zero-order chi connectivity index (χ0) is 18.7. The van der Waals surface area contributed by atoms with Gasteiger partial charge in [-0.15, -0.1) is 11.3 Å². The molecular formula is C18H17ClN4O2S. The molecule has 3 rings (SSSR count). The third kappa shape index (κ3) is 4.30. The van der Waals surface area contributed by atoms with Crippen LogP contribution in [0.3, 0.4) is 0 Å². The fourth-order valence-corrected chi connectivity index (χ4v) is 3.09. The van der Waals surface area contributed by atoms with Crippen molar-refractivity contribution in [3.05, 3.63) is 52.6 Å². The Kier molecular flexibility index (Phi) is 5.39. The maximum absolute atomic E-state index is 11.5. The number of amides is 1. The van der Waals surface area contributed by atoms with Crippen LogP contribution in [0.15, 0.2) is 41.9 Å². The molecule has 6 nitrogen and oxygen atoms in total. The lowest BCUT2D eigenvalue weighted by Crippen LogP contribution is -2.12. The van der Waals surface area contributed by atoms with Gasteiger partial charge in [-0.05, 0) is 44.2 Å². The number of nitrogens with two attached hydrogens (primary N) is 1. The first kappa shape index (κ1) is 18.2. The van der Waals surface area contributed by atoms with Crippen molar-refractivity contribution < 1.29 is 9.53 Å². The fourth-order valence-electron chi connectivity index (χ4n) is 2.24. The lowest BCUT2D eigenvalue weighted by atomic mass is 10.1. The van der Waals surface area contributed by atoms with Crippen LogP contribution in [0.2, 0.25) is 5.15 Å². The number of hydrogen-bond donors (Lipinski definition) is 2. The number of primary amides is 1. The standard InChI is InChI=1S/C18H17ClN4O2S/c1-10(2)25-15-5-3-11(17(20)24)7-13(15)22-18-23-14(9-26-18)12-4-6-16(19)21-8-12/h3-10H,1-2H3,(H2,20,24)(H,22,23). The van der Waals surface area contributed by atoms with Crippen molar-refractivity contribution in [2.75, 3.05) is 5.32 Å². The summed E-state index contributed by atoms with van der Waals surface area (Å²) in [6.07, 6.45) is 1.66. The van der Waals surface area contributed by atoms with E-state index in [2.05, 4.69) is 15.3 Å². The molecule has 0 atom stereocenters. The second-order valence-corrected chi connectivity index (χ2v) is 7.02. The molecule has 0 radical (unpaired) electrons. The predicted octanol–water partition coefficient (Wildman–Crippen LogP) is 4.49. The van der Waals surface area contributed by atoms with Crippen molar-refractivity contribution >= 4 is 39.7 Å². The van der Waals surface area contributed by atoms with Gasteiger partial charge in [0, 0.05) is 22.7 Å². The number of halogens is 1. The summed E-state index contributed by atoms with van der Waals surface area (Å²) in [5.41, 5.74) is 8.04. The van der Waals surface area contributed by atoms with Crippen LogP contribution in [0.1, 0.15) is 24.2 Å². The summed E-state index contributed by atoms with van der Waals surface area (Å²) in [5.74, 6) is 0.117. The zero-order valence-corrected chi connectivity index (χ0v) is 15.8. The van der Waals surface area contributed by atoms with E-state index in [1.54, 1.807) is 30.5 Å². The van der Waals surface area contributed by atoms with E-state index in [4.69, 9.17) is 22.1 Å². The number of hydrogen-bond acceptors (Lipinski definition) is 6. The van der Waals surface area contributed by atoms with E-state index in [1.165, 1.54) is 11.3 Å². The van der Waals surface area contributed by atoms with Gasteiger partial charge in [0.25, 0.3) is 0 Å². The molecule has 0 aliphatic carbocycles. The van der Waals surface area contributed by atoms with E-state index >= 15 is 0 Å². The van der Waals surface area contributed by atoms with Gasteiger partial charge in [-0.3, -0.25) is 4.79 Å². The van der Waals surface area contributed by atoms with Crippen LogP contribution in [0.4, 0.5) is 10.8 Å². The number of carbonyl (C=O) groups is 1. The molecule has 0 saturated heterocycles. The number of benzene rings is 1. The van der Waals surface area contributed by atoms with Crippen molar-refractivity contribution in [2.24, 2.45) is 5.73 Å². The molecule has 134 valence electrons. The molecule has 0 bridgehead atoms. The monoisotopic (exact) mass is 388 g/mol. The highest BCUT2D eigenvalue weighted by Crippen LogP contribution is 2.33.